The highest BCUT2D eigenvalue weighted by Gasteiger charge is 2.12. The molecular formula is C14H20FN3O2. The lowest BCUT2D eigenvalue weighted by Gasteiger charge is -2.22. The molecule has 3 N–H and O–H groups in total. The first-order valence-corrected chi connectivity index (χ1v) is 6.87. The number of carbonyl (C=O) groups excluding carboxylic acids is 1. The second kappa shape index (κ2) is 7.81. The van der Waals surface area contributed by atoms with E-state index in [1.165, 1.54) is 24.3 Å². The Morgan fingerprint density at radius 3 is 2.70 bits per heavy atom. The number of hydrogen-bond donors (Lipinski definition) is 3. The highest BCUT2D eigenvalue weighted by molar-refractivity contribution is 5.89. The zero-order valence-corrected chi connectivity index (χ0v) is 11.3. The maximum absolute atomic E-state index is 12.7. The second-order valence-electron chi connectivity index (χ2n) is 4.71. The number of piperidine rings is 1. The van der Waals surface area contributed by atoms with Crippen molar-refractivity contribution in [3.63, 3.8) is 0 Å². The predicted molar refractivity (Wildman–Crippen MR) is 75.3 cm³/mol. The summed E-state index contributed by atoms with van der Waals surface area (Å²) in [6.45, 7) is 2.94. The van der Waals surface area contributed by atoms with Gasteiger partial charge in [-0.15, -0.1) is 0 Å². The zero-order chi connectivity index (χ0) is 14.2. The van der Waals surface area contributed by atoms with Gasteiger partial charge in [0.25, 0.3) is 0 Å². The van der Waals surface area contributed by atoms with E-state index in [9.17, 15) is 9.18 Å². The molecule has 1 aromatic carbocycles. The van der Waals surface area contributed by atoms with Crippen molar-refractivity contribution in [2.24, 2.45) is 0 Å². The summed E-state index contributed by atoms with van der Waals surface area (Å²) < 4.78 is 18.4. The monoisotopic (exact) mass is 281 g/mol. The van der Waals surface area contributed by atoms with E-state index in [0.29, 0.717) is 24.9 Å². The number of amides is 2. The van der Waals surface area contributed by atoms with Crippen LogP contribution in [0.5, 0.6) is 0 Å². The van der Waals surface area contributed by atoms with E-state index in [0.717, 1.165) is 25.9 Å². The molecule has 1 aliphatic rings. The topological polar surface area (TPSA) is 62.4 Å². The van der Waals surface area contributed by atoms with Crippen molar-refractivity contribution in [2.45, 2.75) is 18.9 Å². The van der Waals surface area contributed by atoms with E-state index in [2.05, 4.69) is 16.0 Å². The van der Waals surface area contributed by atoms with Crippen LogP contribution in [0.15, 0.2) is 24.3 Å². The third-order valence-corrected chi connectivity index (χ3v) is 3.13. The van der Waals surface area contributed by atoms with E-state index in [1.807, 2.05) is 0 Å². The molecule has 0 spiro atoms. The Hall–Kier alpha value is -1.66. The van der Waals surface area contributed by atoms with E-state index in [1.54, 1.807) is 0 Å². The number of carbonyl (C=O) groups is 1. The number of nitrogens with one attached hydrogen (secondary N) is 3. The Morgan fingerprint density at radius 1 is 1.30 bits per heavy atom. The number of ether oxygens (including phenoxy) is 1. The molecule has 0 unspecified atom stereocenters. The van der Waals surface area contributed by atoms with Crippen LogP contribution in [0.2, 0.25) is 0 Å². The highest BCUT2D eigenvalue weighted by Crippen LogP contribution is 2.08. The molecule has 0 atom stereocenters. The van der Waals surface area contributed by atoms with Gasteiger partial charge >= 0.3 is 6.03 Å². The summed E-state index contributed by atoms with van der Waals surface area (Å²) in [5.74, 6) is -0.327. The Labute approximate surface area is 117 Å². The molecule has 0 aliphatic carbocycles. The summed E-state index contributed by atoms with van der Waals surface area (Å²) in [4.78, 5) is 11.6. The van der Waals surface area contributed by atoms with Gasteiger partial charge < -0.3 is 20.7 Å². The largest absolute Gasteiger partial charge is 0.376 e. The number of rotatable bonds is 5. The van der Waals surface area contributed by atoms with Gasteiger partial charge in [-0.2, -0.15) is 0 Å². The quantitative estimate of drug-likeness (QED) is 0.720. The predicted octanol–water partition coefficient (Wildman–Crippen LogP) is 1.72. The van der Waals surface area contributed by atoms with Crippen LogP contribution in [-0.2, 0) is 4.74 Å². The molecule has 110 valence electrons. The maximum atomic E-state index is 12.7. The SMILES string of the molecule is O=C(NCCOC1CCNCC1)Nc1ccc(F)cc1. The molecule has 1 fully saturated rings. The Kier molecular flexibility index (Phi) is 5.76. The van der Waals surface area contributed by atoms with E-state index in [4.69, 9.17) is 4.74 Å². The fraction of sp³-hybridized carbons (Fsp3) is 0.500. The Bertz CT molecular complexity index is 419. The van der Waals surface area contributed by atoms with Crippen LogP contribution < -0.4 is 16.0 Å². The first-order chi connectivity index (χ1) is 9.74. The molecule has 1 saturated heterocycles. The van der Waals surface area contributed by atoms with E-state index < -0.39 is 0 Å². The molecule has 20 heavy (non-hydrogen) atoms. The normalized spacial score (nSPS) is 15.8. The lowest BCUT2D eigenvalue weighted by Crippen LogP contribution is -2.35. The fourth-order valence-corrected chi connectivity index (χ4v) is 2.06. The standard InChI is InChI=1S/C14H20FN3O2/c15-11-1-3-12(4-2-11)18-14(19)17-9-10-20-13-5-7-16-8-6-13/h1-4,13,16H,5-10H2,(H2,17,18,19). The fourth-order valence-electron chi connectivity index (χ4n) is 2.06. The van der Waals surface area contributed by atoms with Gasteiger partial charge in [-0.05, 0) is 50.2 Å². The van der Waals surface area contributed by atoms with Gasteiger partial charge in [0.1, 0.15) is 5.82 Å². The number of halogens is 1. The summed E-state index contributed by atoms with van der Waals surface area (Å²) in [5, 5.41) is 8.59. The lowest BCUT2D eigenvalue weighted by atomic mass is 10.1. The third kappa shape index (κ3) is 5.14. The number of urea groups is 1. The maximum Gasteiger partial charge on any atom is 0.319 e. The smallest absolute Gasteiger partial charge is 0.319 e. The summed E-state index contributed by atoms with van der Waals surface area (Å²) in [7, 11) is 0. The summed E-state index contributed by atoms with van der Waals surface area (Å²) >= 11 is 0. The highest BCUT2D eigenvalue weighted by atomic mass is 19.1. The summed E-state index contributed by atoms with van der Waals surface area (Å²) in [6.07, 6.45) is 2.32. The van der Waals surface area contributed by atoms with Gasteiger partial charge in [-0.25, -0.2) is 9.18 Å². The van der Waals surface area contributed by atoms with Gasteiger partial charge in [0.2, 0.25) is 0 Å². The molecule has 0 bridgehead atoms. The minimum absolute atomic E-state index is 0.290. The summed E-state index contributed by atoms with van der Waals surface area (Å²) in [5.41, 5.74) is 0.558. The van der Waals surface area contributed by atoms with Crippen LogP contribution in [0.4, 0.5) is 14.9 Å². The minimum atomic E-state index is -0.327. The van der Waals surface area contributed by atoms with Crippen LogP contribution in [-0.4, -0.2) is 38.4 Å². The van der Waals surface area contributed by atoms with E-state index in [-0.39, 0.29) is 11.8 Å². The Morgan fingerprint density at radius 2 is 2.00 bits per heavy atom. The molecule has 6 heteroatoms. The van der Waals surface area contributed by atoms with Crippen LogP contribution >= 0.6 is 0 Å². The number of benzene rings is 1. The van der Waals surface area contributed by atoms with Crippen molar-refractivity contribution in [1.82, 2.24) is 10.6 Å². The number of anilines is 1. The zero-order valence-electron chi connectivity index (χ0n) is 11.3. The van der Waals surface area contributed by atoms with E-state index >= 15 is 0 Å². The molecule has 1 heterocycles. The van der Waals surface area contributed by atoms with Crippen LogP contribution in [0, 0.1) is 5.82 Å². The van der Waals surface area contributed by atoms with Crippen LogP contribution in [0.1, 0.15) is 12.8 Å². The molecule has 0 saturated carbocycles. The van der Waals surface area contributed by atoms with Crippen molar-refractivity contribution in [3.8, 4) is 0 Å². The van der Waals surface area contributed by atoms with Crippen LogP contribution in [0.25, 0.3) is 0 Å². The first kappa shape index (κ1) is 14.7. The second-order valence-corrected chi connectivity index (χ2v) is 4.71. The van der Waals surface area contributed by atoms with Crippen molar-refractivity contribution in [2.75, 3.05) is 31.6 Å². The molecule has 0 radical (unpaired) electrons. The van der Waals surface area contributed by atoms with Crippen molar-refractivity contribution < 1.29 is 13.9 Å². The van der Waals surface area contributed by atoms with Gasteiger partial charge in [0, 0.05) is 12.2 Å². The number of hydrogen-bond acceptors (Lipinski definition) is 3. The average molecular weight is 281 g/mol. The van der Waals surface area contributed by atoms with Gasteiger partial charge in [0.15, 0.2) is 0 Å². The first-order valence-electron chi connectivity index (χ1n) is 6.87. The molecule has 2 rings (SSSR count). The molecule has 2 amide bonds. The van der Waals surface area contributed by atoms with Gasteiger partial charge in [-0.1, -0.05) is 0 Å². The van der Waals surface area contributed by atoms with Crippen LogP contribution in [0.3, 0.4) is 0 Å². The average Bonchev–Trinajstić information content (AvgIpc) is 2.47. The van der Waals surface area contributed by atoms with Crippen molar-refractivity contribution >= 4 is 11.7 Å². The van der Waals surface area contributed by atoms with Gasteiger partial charge in [-0.3, -0.25) is 0 Å². The molecule has 1 aromatic rings. The molecule has 0 aromatic heterocycles. The summed E-state index contributed by atoms with van der Waals surface area (Å²) in [6, 6.07) is 5.32. The molecule has 5 nitrogen and oxygen atoms in total. The minimum Gasteiger partial charge on any atom is -0.376 e. The molecular weight excluding hydrogens is 261 g/mol. The van der Waals surface area contributed by atoms with Crippen molar-refractivity contribution in [1.29, 1.82) is 0 Å². The lowest BCUT2D eigenvalue weighted by molar-refractivity contribution is 0.0358. The molecule has 1 aliphatic heterocycles. The third-order valence-electron chi connectivity index (χ3n) is 3.13. The van der Waals surface area contributed by atoms with Crippen molar-refractivity contribution in [3.05, 3.63) is 30.1 Å². The Balaban J connectivity index is 1.59. The van der Waals surface area contributed by atoms with Gasteiger partial charge in [0.05, 0.1) is 12.7 Å².